The number of methoxy groups -OCH3 is 1. The SMILES string of the molecule is COC1=CC(=O)C(c2ccccc2)C1. The predicted octanol–water partition coefficient (Wildman–Crippen LogP) is 2.27. The second kappa shape index (κ2) is 3.66. The van der Waals surface area contributed by atoms with Gasteiger partial charge in [0.2, 0.25) is 0 Å². The molecule has 0 amide bonds. The lowest BCUT2D eigenvalue weighted by atomic mass is 9.96. The Morgan fingerprint density at radius 2 is 2.00 bits per heavy atom. The van der Waals surface area contributed by atoms with Crippen LogP contribution in [0.3, 0.4) is 0 Å². The minimum absolute atomic E-state index is 0.0360. The van der Waals surface area contributed by atoms with Gasteiger partial charge >= 0.3 is 0 Å². The van der Waals surface area contributed by atoms with Gasteiger partial charge in [0.1, 0.15) is 5.76 Å². The molecule has 1 aliphatic carbocycles. The summed E-state index contributed by atoms with van der Waals surface area (Å²) in [5, 5.41) is 0. The molecule has 0 heterocycles. The zero-order chi connectivity index (χ0) is 9.97. The van der Waals surface area contributed by atoms with Crippen LogP contribution in [0, 0.1) is 0 Å². The highest BCUT2D eigenvalue weighted by Gasteiger charge is 2.27. The van der Waals surface area contributed by atoms with Gasteiger partial charge in [-0.15, -0.1) is 0 Å². The van der Waals surface area contributed by atoms with Crippen molar-refractivity contribution in [3.63, 3.8) is 0 Å². The van der Waals surface area contributed by atoms with Gasteiger partial charge in [-0.3, -0.25) is 4.79 Å². The molecule has 0 saturated heterocycles. The predicted molar refractivity (Wildman–Crippen MR) is 53.9 cm³/mol. The number of ketones is 1. The molecule has 72 valence electrons. The van der Waals surface area contributed by atoms with Crippen LogP contribution in [0.2, 0.25) is 0 Å². The average molecular weight is 188 g/mol. The van der Waals surface area contributed by atoms with E-state index < -0.39 is 0 Å². The Kier molecular flexibility index (Phi) is 2.35. The molecule has 1 aliphatic rings. The summed E-state index contributed by atoms with van der Waals surface area (Å²) in [6, 6.07) is 9.82. The fourth-order valence-electron chi connectivity index (χ4n) is 1.73. The smallest absolute Gasteiger partial charge is 0.166 e. The highest BCUT2D eigenvalue weighted by atomic mass is 16.5. The van der Waals surface area contributed by atoms with E-state index in [2.05, 4.69) is 0 Å². The van der Waals surface area contributed by atoms with E-state index >= 15 is 0 Å². The van der Waals surface area contributed by atoms with E-state index in [0.717, 1.165) is 11.3 Å². The number of carbonyl (C=O) groups is 1. The molecule has 1 aromatic carbocycles. The van der Waals surface area contributed by atoms with Crippen molar-refractivity contribution in [2.45, 2.75) is 12.3 Å². The van der Waals surface area contributed by atoms with Gasteiger partial charge in [0.05, 0.1) is 13.0 Å². The molecule has 1 atom stereocenters. The number of hydrogen-bond donors (Lipinski definition) is 0. The first-order chi connectivity index (χ1) is 6.81. The van der Waals surface area contributed by atoms with Crippen LogP contribution in [0.15, 0.2) is 42.2 Å². The molecule has 1 unspecified atom stereocenters. The average Bonchev–Trinajstić information content (AvgIpc) is 2.61. The highest BCUT2D eigenvalue weighted by molar-refractivity contribution is 5.98. The van der Waals surface area contributed by atoms with Gasteiger partial charge in [0.25, 0.3) is 0 Å². The minimum Gasteiger partial charge on any atom is -0.501 e. The van der Waals surface area contributed by atoms with Crippen molar-refractivity contribution in [3.8, 4) is 0 Å². The van der Waals surface area contributed by atoms with Crippen molar-refractivity contribution in [2.24, 2.45) is 0 Å². The summed E-state index contributed by atoms with van der Waals surface area (Å²) in [6.45, 7) is 0. The first kappa shape index (κ1) is 9.00. The maximum absolute atomic E-state index is 11.6. The van der Waals surface area contributed by atoms with Gasteiger partial charge in [0, 0.05) is 12.5 Å². The third-order valence-electron chi connectivity index (χ3n) is 2.52. The van der Waals surface area contributed by atoms with Crippen molar-refractivity contribution < 1.29 is 9.53 Å². The van der Waals surface area contributed by atoms with Crippen molar-refractivity contribution >= 4 is 5.78 Å². The van der Waals surface area contributed by atoms with Gasteiger partial charge in [0.15, 0.2) is 5.78 Å². The molecule has 0 radical (unpaired) electrons. The fourth-order valence-corrected chi connectivity index (χ4v) is 1.73. The van der Waals surface area contributed by atoms with Crippen LogP contribution in [-0.2, 0) is 9.53 Å². The summed E-state index contributed by atoms with van der Waals surface area (Å²) in [4.78, 5) is 11.6. The van der Waals surface area contributed by atoms with Crippen molar-refractivity contribution in [1.29, 1.82) is 0 Å². The van der Waals surface area contributed by atoms with E-state index in [1.165, 1.54) is 0 Å². The van der Waals surface area contributed by atoms with E-state index in [1.807, 2.05) is 30.3 Å². The molecule has 0 bridgehead atoms. The maximum atomic E-state index is 11.6. The summed E-state index contributed by atoms with van der Waals surface area (Å²) in [5.41, 5.74) is 1.07. The monoisotopic (exact) mass is 188 g/mol. The van der Waals surface area contributed by atoms with Gasteiger partial charge < -0.3 is 4.74 Å². The lowest BCUT2D eigenvalue weighted by molar-refractivity contribution is -0.115. The molecule has 0 aliphatic heterocycles. The molecule has 14 heavy (non-hydrogen) atoms. The highest BCUT2D eigenvalue weighted by Crippen LogP contribution is 2.30. The summed E-state index contributed by atoms with van der Waals surface area (Å²) < 4.78 is 5.07. The molecule has 0 saturated carbocycles. The zero-order valence-electron chi connectivity index (χ0n) is 8.07. The van der Waals surface area contributed by atoms with Gasteiger partial charge in [-0.05, 0) is 5.56 Å². The molecular formula is C12H12O2. The number of rotatable bonds is 2. The quantitative estimate of drug-likeness (QED) is 0.711. The number of hydrogen-bond acceptors (Lipinski definition) is 2. The maximum Gasteiger partial charge on any atom is 0.166 e. The first-order valence-electron chi connectivity index (χ1n) is 4.64. The summed E-state index contributed by atoms with van der Waals surface area (Å²) in [7, 11) is 1.60. The summed E-state index contributed by atoms with van der Waals surface area (Å²) in [5.74, 6) is 0.892. The lowest BCUT2D eigenvalue weighted by Crippen LogP contribution is -2.04. The molecule has 0 spiro atoms. The third-order valence-corrected chi connectivity index (χ3v) is 2.52. The number of ether oxygens (including phenoxy) is 1. The van der Waals surface area contributed by atoms with Crippen LogP contribution in [0.25, 0.3) is 0 Å². The normalized spacial score (nSPS) is 20.8. The topological polar surface area (TPSA) is 26.3 Å². The van der Waals surface area contributed by atoms with Crippen molar-refractivity contribution in [2.75, 3.05) is 7.11 Å². The second-order valence-corrected chi connectivity index (χ2v) is 3.38. The van der Waals surface area contributed by atoms with Crippen LogP contribution in [-0.4, -0.2) is 12.9 Å². The van der Waals surface area contributed by atoms with Crippen molar-refractivity contribution in [3.05, 3.63) is 47.7 Å². The molecular weight excluding hydrogens is 176 g/mol. The molecule has 2 heteroatoms. The van der Waals surface area contributed by atoms with E-state index in [4.69, 9.17) is 4.74 Å². The summed E-state index contributed by atoms with van der Waals surface area (Å²) >= 11 is 0. The Labute approximate surface area is 83.2 Å². The minimum atomic E-state index is -0.0360. The molecule has 0 fully saturated rings. The Bertz CT molecular complexity index is 365. The number of allylic oxidation sites excluding steroid dienone is 2. The Hall–Kier alpha value is -1.57. The molecule has 0 N–H and O–H groups in total. The lowest BCUT2D eigenvalue weighted by Gasteiger charge is -2.08. The fraction of sp³-hybridized carbons (Fsp3) is 0.250. The summed E-state index contributed by atoms with van der Waals surface area (Å²) in [6.07, 6.45) is 2.29. The standard InChI is InChI=1S/C12H12O2/c1-14-10-7-11(12(13)8-10)9-5-3-2-4-6-9/h2-6,8,11H,7H2,1H3. The third kappa shape index (κ3) is 1.55. The molecule has 0 aromatic heterocycles. The van der Waals surface area contributed by atoms with Gasteiger partial charge in [-0.2, -0.15) is 0 Å². The molecule has 2 rings (SSSR count). The van der Waals surface area contributed by atoms with Gasteiger partial charge in [-0.25, -0.2) is 0 Å². The Morgan fingerprint density at radius 1 is 1.29 bits per heavy atom. The Balaban J connectivity index is 2.21. The van der Waals surface area contributed by atoms with Crippen LogP contribution in [0.5, 0.6) is 0 Å². The van der Waals surface area contributed by atoms with E-state index in [9.17, 15) is 4.79 Å². The zero-order valence-corrected chi connectivity index (χ0v) is 8.07. The van der Waals surface area contributed by atoms with Crippen LogP contribution >= 0.6 is 0 Å². The van der Waals surface area contributed by atoms with Crippen LogP contribution in [0.4, 0.5) is 0 Å². The largest absolute Gasteiger partial charge is 0.501 e. The second-order valence-electron chi connectivity index (χ2n) is 3.38. The van der Waals surface area contributed by atoms with Crippen LogP contribution in [0.1, 0.15) is 17.9 Å². The number of benzene rings is 1. The Morgan fingerprint density at radius 3 is 2.57 bits per heavy atom. The van der Waals surface area contributed by atoms with Crippen LogP contribution < -0.4 is 0 Å². The van der Waals surface area contributed by atoms with Crippen molar-refractivity contribution in [1.82, 2.24) is 0 Å². The molecule has 1 aromatic rings. The first-order valence-corrected chi connectivity index (χ1v) is 4.64. The van der Waals surface area contributed by atoms with E-state index in [1.54, 1.807) is 13.2 Å². The molecule has 2 nitrogen and oxygen atoms in total. The van der Waals surface area contributed by atoms with E-state index in [0.29, 0.717) is 6.42 Å². The van der Waals surface area contributed by atoms with Gasteiger partial charge in [-0.1, -0.05) is 30.3 Å². The number of carbonyl (C=O) groups excluding carboxylic acids is 1. The van der Waals surface area contributed by atoms with E-state index in [-0.39, 0.29) is 11.7 Å².